The van der Waals surface area contributed by atoms with Crippen LogP contribution in [-0.4, -0.2) is 41.3 Å². The Labute approximate surface area is 168 Å². The van der Waals surface area contributed by atoms with E-state index in [4.69, 9.17) is 21.1 Å². The zero-order chi connectivity index (χ0) is 20.9. The summed E-state index contributed by atoms with van der Waals surface area (Å²) < 4.78 is 48.7. The fourth-order valence-electron chi connectivity index (χ4n) is 3.02. The number of carbonyl (C=O) groups is 1. The molecule has 1 fully saturated rings. The van der Waals surface area contributed by atoms with Gasteiger partial charge in [0.15, 0.2) is 0 Å². The molecule has 0 saturated carbocycles. The van der Waals surface area contributed by atoms with Gasteiger partial charge in [-0.05, 0) is 58.4 Å². The van der Waals surface area contributed by atoms with Crippen LogP contribution in [0.2, 0.25) is 5.02 Å². The van der Waals surface area contributed by atoms with Crippen LogP contribution in [0.4, 0.5) is 18.0 Å². The van der Waals surface area contributed by atoms with Gasteiger partial charge in [-0.3, -0.25) is 0 Å². The summed E-state index contributed by atoms with van der Waals surface area (Å²) in [6.45, 7) is 7.13. The van der Waals surface area contributed by atoms with Crippen LogP contribution < -0.4 is 4.74 Å². The van der Waals surface area contributed by atoms with Crippen LogP contribution in [0.3, 0.4) is 0 Å². The predicted octanol–water partition coefficient (Wildman–Crippen LogP) is 5.56. The van der Waals surface area contributed by atoms with Crippen molar-refractivity contribution in [1.82, 2.24) is 9.88 Å². The second-order valence-electron chi connectivity index (χ2n) is 7.93. The molecule has 1 saturated heterocycles. The number of piperidine rings is 1. The van der Waals surface area contributed by atoms with Gasteiger partial charge in [0.05, 0.1) is 12.2 Å². The Morgan fingerprint density at radius 1 is 1.36 bits per heavy atom. The number of alkyl halides is 3. The van der Waals surface area contributed by atoms with Crippen molar-refractivity contribution in [3.63, 3.8) is 0 Å². The number of likely N-dealkylation sites (tertiary alicyclic amines) is 1. The van der Waals surface area contributed by atoms with Gasteiger partial charge in [-0.1, -0.05) is 11.6 Å². The van der Waals surface area contributed by atoms with Crippen molar-refractivity contribution in [3.05, 3.63) is 22.8 Å². The second-order valence-corrected chi connectivity index (χ2v) is 8.34. The lowest BCUT2D eigenvalue weighted by molar-refractivity contribution is -0.137. The number of halogens is 4. The van der Waals surface area contributed by atoms with Crippen LogP contribution in [0, 0.1) is 5.92 Å². The molecule has 1 aromatic rings. The molecule has 0 N–H and O–H groups in total. The van der Waals surface area contributed by atoms with E-state index < -0.39 is 17.3 Å². The SMILES string of the molecule is CC(C)(C)OC(=O)N1CCC[C@H](CCCOc2ncc(C(F)(F)F)cc2Cl)C1. The first-order chi connectivity index (χ1) is 13.0. The van der Waals surface area contributed by atoms with Crippen molar-refractivity contribution in [1.29, 1.82) is 0 Å². The maximum atomic E-state index is 12.6. The van der Waals surface area contributed by atoms with Crippen molar-refractivity contribution in [2.45, 2.75) is 58.2 Å². The van der Waals surface area contributed by atoms with Gasteiger partial charge < -0.3 is 14.4 Å². The molecule has 9 heteroatoms. The molecule has 1 aliphatic rings. The molecule has 0 bridgehead atoms. The van der Waals surface area contributed by atoms with Gasteiger partial charge in [-0.15, -0.1) is 0 Å². The molecule has 158 valence electrons. The van der Waals surface area contributed by atoms with Crippen molar-refractivity contribution in [2.24, 2.45) is 5.92 Å². The summed E-state index contributed by atoms with van der Waals surface area (Å²) in [6, 6.07) is 0.809. The molecule has 1 aliphatic heterocycles. The summed E-state index contributed by atoms with van der Waals surface area (Å²) in [5, 5.41) is -0.163. The summed E-state index contributed by atoms with van der Waals surface area (Å²) in [5.74, 6) is 0.328. The summed E-state index contributed by atoms with van der Waals surface area (Å²) in [5.41, 5.74) is -1.43. The topological polar surface area (TPSA) is 51.7 Å². The first-order valence-electron chi connectivity index (χ1n) is 9.29. The second kappa shape index (κ2) is 9.20. The Kier molecular flexibility index (Phi) is 7.42. The molecule has 0 spiro atoms. The number of hydrogen-bond donors (Lipinski definition) is 0. The smallest absolute Gasteiger partial charge is 0.417 e. The first kappa shape index (κ1) is 22.6. The number of nitrogens with zero attached hydrogens (tertiary/aromatic N) is 2. The quantitative estimate of drug-likeness (QED) is 0.583. The molecular formula is C19H26ClF3N2O3. The Morgan fingerprint density at radius 3 is 2.68 bits per heavy atom. The van der Waals surface area contributed by atoms with Crippen LogP contribution in [0.5, 0.6) is 5.88 Å². The number of ether oxygens (including phenoxy) is 2. The third-order valence-corrected chi connectivity index (χ3v) is 4.57. The zero-order valence-electron chi connectivity index (χ0n) is 16.3. The van der Waals surface area contributed by atoms with Crippen molar-refractivity contribution in [3.8, 4) is 5.88 Å². The number of pyridine rings is 1. The van der Waals surface area contributed by atoms with Crippen LogP contribution >= 0.6 is 11.6 Å². The molecule has 28 heavy (non-hydrogen) atoms. The molecule has 1 amide bonds. The summed E-state index contributed by atoms with van der Waals surface area (Å²) in [6.07, 6.45) is -0.634. The number of amides is 1. The van der Waals surface area contributed by atoms with E-state index in [0.717, 1.165) is 25.3 Å². The van der Waals surface area contributed by atoms with E-state index in [1.54, 1.807) is 4.90 Å². The standard InChI is InChI=1S/C19H26ClF3N2O3/c1-18(2,3)28-17(26)25-8-4-6-13(12-25)7-5-9-27-16-15(20)10-14(11-24-16)19(21,22)23/h10-11,13H,4-9,12H2,1-3H3/t13-/m1/s1. The number of hydrogen-bond acceptors (Lipinski definition) is 4. The molecule has 0 aliphatic carbocycles. The average Bonchev–Trinajstić information content (AvgIpc) is 2.57. The van der Waals surface area contributed by atoms with Gasteiger partial charge in [-0.2, -0.15) is 13.2 Å². The average molecular weight is 423 g/mol. The van der Waals surface area contributed by atoms with E-state index >= 15 is 0 Å². The predicted molar refractivity (Wildman–Crippen MR) is 99.5 cm³/mol. The van der Waals surface area contributed by atoms with Crippen molar-refractivity contribution in [2.75, 3.05) is 19.7 Å². The van der Waals surface area contributed by atoms with Crippen LogP contribution in [0.1, 0.15) is 52.0 Å². The van der Waals surface area contributed by atoms with E-state index in [9.17, 15) is 18.0 Å². The summed E-state index contributed by atoms with van der Waals surface area (Å²) in [7, 11) is 0. The van der Waals surface area contributed by atoms with E-state index in [0.29, 0.717) is 38.2 Å². The largest absolute Gasteiger partial charge is 0.477 e. The lowest BCUT2D eigenvalue weighted by atomic mass is 9.94. The van der Waals surface area contributed by atoms with Gasteiger partial charge in [-0.25, -0.2) is 9.78 Å². The Hall–Kier alpha value is -1.70. The number of aromatic nitrogens is 1. The summed E-state index contributed by atoms with van der Waals surface area (Å²) >= 11 is 5.82. The number of rotatable bonds is 5. The lowest BCUT2D eigenvalue weighted by Gasteiger charge is -2.34. The molecular weight excluding hydrogens is 397 g/mol. The highest BCUT2D eigenvalue weighted by Crippen LogP contribution is 2.33. The minimum atomic E-state index is -4.49. The van der Waals surface area contributed by atoms with Gasteiger partial charge in [0.1, 0.15) is 10.6 Å². The molecule has 0 radical (unpaired) electrons. The summed E-state index contributed by atoms with van der Waals surface area (Å²) in [4.78, 5) is 17.6. The van der Waals surface area contributed by atoms with Crippen molar-refractivity contribution >= 4 is 17.7 Å². The minimum Gasteiger partial charge on any atom is -0.477 e. The molecule has 5 nitrogen and oxygen atoms in total. The van der Waals surface area contributed by atoms with E-state index in [1.165, 1.54) is 0 Å². The van der Waals surface area contributed by atoms with Gasteiger partial charge in [0, 0.05) is 19.3 Å². The molecule has 1 aromatic heterocycles. The van der Waals surface area contributed by atoms with Crippen LogP contribution in [-0.2, 0) is 10.9 Å². The Balaban J connectivity index is 1.77. The van der Waals surface area contributed by atoms with Gasteiger partial charge in [0.25, 0.3) is 0 Å². The number of carbonyl (C=O) groups excluding carboxylic acids is 1. The molecule has 1 atom stereocenters. The highest BCUT2D eigenvalue weighted by molar-refractivity contribution is 6.31. The maximum Gasteiger partial charge on any atom is 0.417 e. The maximum absolute atomic E-state index is 12.6. The Morgan fingerprint density at radius 2 is 2.07 bits per heavy atom. The molecule has 2 heterocycles. The third-order valence-electron chi connectivity index (χ3n) is 4.30. The monoisotopic (exact) mass is 422 g/mol. The van der Waals surface area contributed by atoms with Crippen molar-refractivity contribution < 1.29 is 27.4 Å². The molecule has 0 aromatic carbocycles. The minimum absolute atomic E-state index is 0.00584. The molecule has 2 rings (SSSR count). The van der Waals surface area contributed by atoms with E-state index in [1.807, 2.05) is 20.8 Å². The fourth-order valence-corrected chi connectivity index (χ4v) is 3.24. The van der Waals surface area contributed by atoms with E-state index in [2.05, 4.69) is 4.98 Å². The highest BCUT2D eigenvalue weighted by atomic mass is 35.5. The van der Waals surface area contributed by atoms with Crippen LogP contribution in [0.25, 0.3) is 0 Å². The van der Waals surface area contributed by atoms with Crippen LogP contribution in [0.15, 0.2) is 12.3 Å². The first-order valence-corrected chi connectivity index (χ1v) is 9.67. The Bertz CT molecular complexity index is 677. The van der Waals surface area contributed by atoms with E-state index in [-0.39, 0.29) is 17.0 Å². The normalized spacial score (nSPS) is 18.1. The highest BCUT2D eigenvalue weighted by Gasteiger charge is 2.32. The molecule has 0 unspecified atom stereocenters. The third kappa shape index (κ3) is 7.04. The lowest BCUT2D eigenvalue weighted by Crippen LogP contribution is -2.42. The van der Waals surface area contributed by atoms with Gasteiger partial charge in [0.2, 0.25) is 5.88 Å². The van der Waals surface area contributed by atoms with Gasteiger partial charge >= 0.3 is 12.3 Å². The fraction of sp³-hybridized carbons (Fsp3) is 0.684. The zero-order valence-corrected chi connectivity index (χ0v) is 17.1.